The Balaban J connectivity index is 1.82. The Morgan fingerprint density at radius 1 is 1.42 bits per heavy atom. The first kappa shape index (κ1) is 13.7. The molecular weight excluding hydrogens is 244 g/mol. The van der Waals surface area contributed by atoms with Crippen LogP contribution in [0.5, 0.6) is 0 Å². The van der Waals surface area contributed by atoms with Gasteiger partial charge in [0.1, 0.15) is 11.9 Å². The summed E-state index contributed by atoms with van der Waals surface area (Å²) in [6, 6.07) is 3.56. The summed E-state index contributed by atoms with van der Waals surface area (Å²) in [6.07, 6.45) is 3.60. The van der Waals surface area contributed by atoms with Crippen molar-refractivity contribution in [1.82, 2.24) is 10.2 Å². The summed E-state index contributed by atoms with van der Waals surface area (Å²) >= 11 is 0. The molecule has 0 bridgehead atoms. The molecule has 6 nitrogen and oxygen atoms in total. The summed E-state index contributed by atoms with van der Waals surface area (Å²) in [4.78, 5) is 11.8. The summed E-state index contributed by atoms with van der Waals surface area (Å²) in [5.74, 6) is 1.04. The van der Waals surface area contributed by atoms with Gasteiger partial charge in [0.15, 0.2) is 5.82 Å². The lowest BCUT2D eigenvalue weighted by atomic mass is 10.2. The lowest BCUT2D eigenvalue weighted by Gasteiger charge is -2.09. The normalized spacial score (nSPS) is 18.3. The Bertz CT molecular complexity index is 402. The highest BCUT2D eigenvalue weighted by Gasteiger charge is 2.23. The van der Waals surface area contributed by atoms with Gasteiger partial charge in [-0.05, 0) is 31.4 Å². The van der Waals surface area contributed by atoms with E-state index in [1.165, 1.54) is 0 Å². The maximum Gasteiger partial charge on any atom is 0.254 e. The second-order valence-electron chi connectivity index (χ2n) is 4.58. The molecule has 19 heavy (non-hydrogen) atoms. The molecule has 1 aromatic heterocycles. The van der Waals surface area contributed by atoms with Crippen LogP contribution in [0.2, 0.25) is 0 Å². The number of unbranched alkanes of at least 4 members (excludes halogenated alkanes) is 1. The van der Waals surface area contributed by atoms with Crippen molar-refractivity contribution >= 4 is 17.5 Å². The van der Waals surface area contributed by atoms with E-state index in [-0.39, 0.29) is 12.0 Å². The highest BCUT2D eigenvalue weighted by molar-refractivity contribution is 5.93. The predicted octanol–water partition coefficient (Wildman–Crippen LogP) is 1.81. The molecule has 2 N–H and O–H groups in total. The van der Waals surface area contributed by atoms with E-state index < -0.39 is 0 Å². The first-order valence-corrected chi connectivity index (χ1v) is 6.79. The Kier molecular flexibility index (Phi) is 5.09. The first-order chi connectivity index (χ1) is 9.29. The van der Waals surface area contributed by atoms with Gasteiger partial charge < -0.3 is 15.4 Å². The molecule has 2 heterocycles. The quantitative estimate of drug-likeness (QED) is 0.766. The molecule has 6 heteroatoms. The average Bonchev–Trinajstić information content (AvgIpc) is 2.95. The number of nitrogens with zero attached hydrogens (tertiary/aromatic N) is 2. The molecule has 2 rings (SSSR count). The molecule has 1 atom stereocenters. The van der Waals surface area contributed by atoms with Crippen molar-refractivity contribution < 1.29 is 9.53 Å². The van der Waals surface area contributed by atoms with E-state index in [0.29, 0.717) is 12.4 Å². The highest BCUT2D eigenvalue weighted by atomic mass is 16.5. The number of nitrogens with one attached hydrogen (secondary N) is 2. The van der Waals surface area contributed by atoms with Gasteiger partial charge in [0.2, 0.25) is 0 Å². The van der Waals surface area contributed by atoms with Gasteiger partial charge in [0, 0.05) is 13.2 Å². The SMILES string of the molecule is CCCCNc1ccc(NC(=O)C2CCCO2)nn1. The smallest absolute Gasteiger partial charge is 0.254 e. The largest absolute Gasteiger partial charge is 0.369 e. The zero-order valence-electron chi connectivity index (χ0n) is 11.2. The second kappa shape index (κ2) is 7.04. The van der Waals surface area contributed by atoms with Crippen molar-refractivity contribution in [2.75, 3.05) is 23.8 Å². The van der Waals surface area contributed by atoms with Crippen molar-refractivity contribution in [3.05, 3.63) is 12.1 Å². The van der Waals surface area contributed by atoms with E-state index in [9.17, 15) is 4.79 Å². The Hall–Kier alpha value is -1.69. The fourth-order valence-electron chi connectivity index (χ4n) is 1.88. The minimum Gasteiger partial charge on any atom is -0.369 e. The summed E-state index contributed by atoms with van der Waals surface area (Å²) in [7, 11) is 0. The lowest BCUT2D eigenvalue weighted by molar-refractivity contribution is -0.124. The molecule has 1 aliphatic rings. The van der Waals surface area contributed by atoms with Gasteiger partial charge in [-0.3, -0.25) is 4.79 Å². The van der Waals surface area contributed by atoms with Gasteiger partial charge in [-0.15, -0.1) is 10.2 Å². The standard InChI is InChI=1S/C13H20N4O2/c1-2-3-8-14-11-6-7-12(17-16-11)15-13(18)10-5-4-9-19-10/h6-7,10H,2-5,8-9H2,1H3,(H,14,16)(H,15,17,18). The monoisotopic (exact) mass is 264 g/mol. The molecular formula is C13H20N4O2. The van der Waals surface area contributed by atoms with Crippen molar-refractivity contribution in [2.24, 2.45) is 0 Å². The van der Waals surface area contributed by atoms with Crippen LogP contribution in [-0.4, -0.2) is 35.4 Å². The molecule has 104 valence electrons. The van der Waals surface area contributed by atoms with Crippen LogP contribution in [0, 0.1) is 0 Å². The van der Waals surface area contributed by atoms with E-state index in [4.69, 9.17) is 4.74 Å². The maximum absolute atomic E-state index is 11.8. The van der Waals surface area contributed by atoms with Gasteiger partial charge in [-0.25, -0.2) is 0 Å². The van der Waals surface area contributed by atoms with Crippen LogP contribution >= 0.6 is 0 Å². The zero-order valence-corrected chi connectivity index (χ0v) is 11.2. The van der Waals surface area contributed by atoms with E-state index in [1.54, 1.807) is 6.07 Å². The molecule has 1 aromatic rings. The molecule has 0 aliphatic carbocycles. The van der Waals surface area contributed by atoms with Gasteiger partial charge >= 0.3 is 0 Å². The fraction of sp³-hybridized carbons (Fsp3) is 0.615. The van der Waals surface area contributed by atoms with Crippen molar-refractivity contribution in [2.45, 2.75) is 38.7 Å². The number of anilines is 2. The minimum absolute atomic E-state index is 0.140. The van der Waals surface area contributed by atoms with E-state index in [2.05, 4.69) is 27.8 Å². The maximum atomic E-state index is 11.8. The Morgan fingerprint density at radius 3 is 2.84 bits per heavy atom. The molecule has 0 spiro atoms. The number of ether oxygens (including phenoxy) is 1. The van der Waals surface area contributed by atoms with Crippen molar-refractivity contribution in [3.63, 3.8) is 0 Å². The summed E-state index contributed by atoms with van der Waals surface area (Å²) in [6.45, 7) is 3.67. The third-order valence-electron chi connectivity index (χ3n) is 2.97. The van der Waals surface area contributed by atoms with Crippen molar-refractivity contribution in [1.29, 1.82) is 0 Å². The predicted molar refractivity (Wildman–Crippen MR) is 73.0 cm³/mol. The number of carbonyl (C=O) groups is 1. The summed E-state index contributed by atoms with van der Waals surface area (Å²) < 4.78 is 5.30. The number of aromatic nitrogens is 2. The minimum atomic E-state index is -0.343. The molecule has 0 radical (unpaired) electrons. The van der Waals surface area contributed by atoms with Crippen LogP contribution in [0.15, 0.2) is 12.1 Å². The van der Waals surface area contributed by atoms with Gasteiger partial charge in [0.05, 0.1) is 0 Å². The van der Waals surface area contributed by atoms with Crippen LogP contribution in [0.3, 0.4) is 0 Å². The molecule has 1 aliphatic heterocycles. The molecule has 0 saturated carbocycles. The first-order valence-electron chi connectivity index (χ1n) is 6.79. The van der Waals surface area contributed by atoms with E-state index in [0.717, 1.165) is 38.0 Å². The molecule has 1 unspecified atom stereocenters. The highest BCUT2D eigenvalue weighted by Crippen LogP contribution is 2.14. The fourth-order valence-corrected chi connectivity index (χ4v) is 1.88. The second-order valence-corrected chi connectivity index (χ2v) is 4.58. The van der Waals surface area contributed by atoms with Crippen LogP contribution in [0.1, 0.15) is 32.6 Å². The molecule has 0 aromatic carbocycles. The number of carbonyl (C=O) groups excluding carboxylic acids is 1. The van der Waals surface area contributed by atoms with Crippen molar-refractivity contribution in [3.8, 4) is 0 Å². The molecule has 1 saturated heterocycles. The molecule has 1 fully saturated rings. The van der Waals surface area contributed by atoms with Crippen LogP contribution < -0.4 is 10.6 Å². The summed E-state index contributed by atoms with van der Waals surface area (Å²) in [5.41, 5.74) is 0. The number of rotatable bonds is 6. The van der Waals surface area contributed by atoms with E-state index >= 15 is 0 Å². The number of hydrogen-bond acceptors (Lipinski definition) is 5. The zero-order chi connectivity index (χ0) is 13.5. The van der Waals surface area contributed by atoms with Gasteiger partial charge in [0.25, 0.3) is 5.91 Å². The van der Waals surface area contributed by atoms with Gasteiger partial charge in [-0.2, -0.15) is 0 Å². The lowest BCUT2D eigenvalue weighted by Crippen LogP contribution is -2.27. The Morgan fingerprint density at radius 2 is 2.21 bits per heavy atom. The molecule has 1 amide bonds. The number of amides is 1. The summed E-state index contributed by atoms with van der Waals surface area (Å²) in [5, 5.41) is 13.9. The van der Waals surface area contributed by atoms with Crippen LogP contribution in [-0.2, 0) is 9.53 Å². The van der Waals surface area contributed by atoms with Crippen LogP contribution in [0.25, 0.3) is 0 Å². The third kappa shape index (κ3) is 4.17. The van der Waals surface area contributed by atoms with E-state index in [1.807, 2.05) is 6.07 Å². The topological polar surface area (TPSA) is 76.1 Å². The average molecular weight is 264 g/mol. The van der Waals surface area contributed by atoms with Crippen LogP contribution in [0.4, 0.5) is 11.6 Å². The number of hydrogen-bond donors (Lipinski definition) is 2. The van der Waals surface area contributed by atoms with Gasteiger partial charge in [-0.1, -0.05) is 13.3 Å². The third-order valence-corrected chi connectivity index (χ3v) is 2.97. The Labute approximate surface area is 112 Å².